The first kappa shape index (κ1) is 28.9. The summed E-state index contributed by atoms with van der Waals surface area (Å²) >= 11 is 6.16. The number of carbonyl (C=O) groups is 2. The third kappa shape index (κ3) is 6.52. The van der Waals surface area contributed by atoms with Gasteiger partial charge in [0.1, 0.15) is 23.6 Å². The second-order valence-electron chi connectivity index (χ2n) is 8.69. The Hall–Kier alpha value is -4.14. The fraction of sp³-hybridized carbons (Fsp3) is 0.320. The normalized spacial score (nSPS) is 13.7. The Morgan fingerprint density at radius 2 is 1.95 bits per heavy atom. The van der Waals surface area contributed by atoms with Crippen LogP contribution in [0.3, 0.4) is 0 Å². The number of ether oxygens (including phenoxy) is 1. The lowest BCUT2D eigenvalue weighted by Crippen LogP contribution is -2.48. The number of likely N-dealkylation sites (N-methyl/N-ethyl adjacent to an activating group) is 1. The first-order valence-corrected chi connectivity index (χ1v) is 12.5. The number of alkyl halides is 2. The van der Waals surface area contributed by atoms with Gasteiger partial charge in [-0.25, -0.2) is 9.50 Å². The molecule has 0 aliphatic carbocycles. The van der Waals surface area contributed by atoms with E-state index in [0.29, 0.717) is 18.7 Å². The van der Waals surface area contributed by atoms with Crippen LogP contribution in [-0.2, 0) is 11.3 Å². The van der Waals surface area contributed by atoms with Crippen LogP contribution >= 0.6 is 11.6 Å². The molecule has 0 radical (unpaired) electrons. The Labute approximate surface area is 232 Å². The first-order valence-electron chi connectivity index (χ1n) is 12.1. The van der Waals surface area contributed by atoms with Crippen LogP contribution in [0.4, 0.5) is 14.5 Å². The summed E-state index contributed by atoms with van der Waals surface area (Å²) in [5.74, 6) is -0.900. The molecule has 4 heterocycles. The maximum absolute atomic E-state index is 13.2. The number of halogens is 3. The largest absolute Gasteiger partial charge is 0.434 e. The summed E-state index contributed by atoms with van der Waals surface area (Å²) in [6.45, 7) is -0.552. The topological polar surface area (TPSA) is 130 Å². The number of nitrogens with zero attached hydrogens (tertiary/aromatic N) is 7. The SMILES string of the molecule is CN1CCN(C(=O)Cn2cc(NC(=O)c3cnn4cccnc34)c(-c3cc(Cl)ccc3OC(F)F)n2)CC1.CO. The summed E-state index contributed by atoms with van der Waals surface area (Å²) in [5, 5.41) is 18.6. The number of piperazine rings is 1. The quantitative estimate of drug-likeness (QED) is 0.343. The molecule has 1 aliphatic rings. The molecular weight excluding hydrogens is 550 g/mol. The highest BCUT2D eigenvalue weighted by atomic mass is 35.5. The Morgan fingerprint density at radius 1 is 1.20 bits per heavy atom. The molecule has 5 rings (SSSR count). The molecule has 1 saturated heterocycles. The number of hydrogen-bond acceptors (Lipinski definition) is 8. The molecule has 12 nitrogen and oxygen atoms in total. The summed E-state index contributed by atoms with van der Waals surface area (Å²) in [7, 11) is 2.99. The second-order valence-corrected chi connectivity index (χ2v) is 9.13. The molecule has 0 atom stereocenters. The number of aliphatic hydroxyl groups is 1. The highest BCUT2D eigenvalue weighted by Gasteiger charge is 2.24. The number of aromatic nitrogens is 5. The van der Waals surface area contributed by atoms with Gasteiger partial charge in [-0.05, 0) is 31.3 Å². The van der Waals surface area contributed by atoms with E-state index in [1.165, 1.54) is 46.0 Å². The lowest BCUT2D eigenvalue weighted by Gasteiger charge is -2.32. The van der Waals surface area contributed by atoms with Crippen LogP contribution < -0.4 is 10.1 Å². The number of nitrogens with one attached hydrogen (secondary N) is 1. The molecule has 4 aromatic rings. The van der Waals surface area contributed by atoms with Crippen LogP contribution in [0.5, 0.6) is 5.75 Å². The van der Waals surface area contributed by atoms with Crippen LogP contribution in [-0.4, -0.2) is 98.0 Å². The molecule has 2 amide bonds. The first-order chi connectivity index (χ1) is 19.3. The van der Waals surface area contributed by atoms with Gasteiger partial charge in [-0.2, -0.15) is 19.0 Å². The third-order valence-corrected chi connectivity index (χ3v) is 6.33. The number of amides is 2. The molecule has 0 saturated carbocycles. The zero-order valence-electron chi connectivity index (χ0n) is 21.7. The van der Waals surface area contributed by atoms with Gasteiger partial charge in [0.25, 0.3) is 5.91 Å². The van der Waals surface area contributed by atoms with Crippen LogP contribution in [0, 0.1) is 0 Å². The van der Waals surface area contributed by atoms with Crippen molar-refractivity contribution in [1.82, 2.24) is 34.2 Å². The van der Waals surface area contributed by atoms with E-state index >= 15 is 0 Å². The van der Waals surface area contributed by atoms with Crippen LogP contribution in [0.15, 0.2) is 49.1 Å². The maximum Gasteiger partial charge on any atom is 0.387 e. The molecule has 1 aromatic carbocycles. The van der Waals surface area contributed by atoms with Gasteiger partial charge in [-0.1, -0.05) is 11.6 Å². The van der Waals surface area contributed by atoms with Gasteiger partial charge in [0, 0.05) is 62.5 Å². The fourth-order valence-electron chi connectivity index (χ4n) is 4.15. The Balaban J connectivity index is 0.00000181. The summed E-state index contributed by atoms with van der Waals surface area (Å²) in [4.78, 5) is 34.2. The maximum atomic E-state index is 13.2. The minimum atomic E-state index is -3.10. The van der Waals surface area contributed by atoms with Crippen molar-refractivity contribution in [2.24, 2.45) is 0 Å². The molecule has 15 heteroatoms. The van der Waals surface area contributed by atoms with E-state index in [2.05, 4.69) is 30.1 Å². The fourth-order valence-corrected chi connectivity index (χ4v) is 4.32. The van der Waals surface area contributed by atoms with Gasteiger partial charge in [0.15, 0.2) is 5.65 Å². The third-order valence-electron chi connectivity index (χ3n) is 6.10. The van der Waals surface area contributed by atoms with Crippen molar-refractivity contribution in [2.45, 2.75) is 13.2 Å². The van der Waals surface area contributed by atoms with E-state index < -0.39 is 12.5 Å². The number of benzene rings is 1. The smallest absolute Gasteiger partial charge is 0.387 e. The summed E-state index contributed by atoms with van der Waals surface area (Å²) in [5.41, 5.74) is 0.906. The summed E-state index contributed by atoms with van der Waals surface area (Å²) < 4.78 is 33.8. The van der Waals surface area contributed by atoms with Crippen molar-refractivity contribution in [3.05, 3.63) is 59.6 Å². The van der Waals surface area contributed by atoms with Crippen LogP contribution in [0.2, 0.25) is 5.02 Å². The molecular formula is C25H27ClF2N8O4. The molecule has 2 N–H and O–H groups in total. The van der Waals surface area contributed by atoms with Gasteiger partial charge in [-0.15, -0.1) is 0 Å². The van der Waals surface area contributed by atoms with Crippen molar-refractivity contribution in [1.29, 1.82) is 0 Å². The average molecular weight is 577 g/mol. The van der Waals surface area contributed by atoms with Crippen LogP contribution in [0.25, 0.3) is 16.9 Å². The van der Waals surface area contributed by atoms with Gasteiger partial charge in [0.2, 0.25) is 5.91 Å². The van der Waals surface area contributed by atoms with E-state index in [-0.39, 0.29) is 45.7 Å². The highest BCUT2D eigenvalue weighted by Crippen LogP contribution is 2.37. The van der Waals surface area contributed by atoms with Gasteiger partial charge in [-0.3, -0.25) is 14.3 Å². The van der Waals surface area contributed by atoms with Gasteiger partial charge >= 0.3 is 6.61 Å². The molecule has 0 bridgehead atoms. The Bertz CT molecular complexity index is 1490. The van der Waals surface area contributed by atoms with Crippen molar-refractivity contribution < 1.29 is 28.2 Å². The zero-order chi connectivity index (χ0) is 28.8. The van der Waals surface area contributed by atoms with Crippen molar-refractivity contribution in [3.63, 3.8) is 0 Å². The molecule has 0 unspecified atom stereocenters. The number of rotatable bonds is 7. The molecule has 1 aliphatic heterocycles. The lowest BCUT2D eigenvalue weighted by molar-refractivity contribution is -0.133. The van der Waals surface area contributed by atoms with E-state index in [1.807, 2.05) is 7.05 Å². The van der Waals surface area contributed by atoms with E-state index in [0.717, 1.165) is 20.2 Å². The molecule has 40 heavy (non-hydrogen) atoms. The van der Waals surface area contributed by atoms with Gasteiger partial charge < -0.3 is 25.0 Å². The van der Waals surface area contributed by atoms with Crippen molar-refractivity contribution >= 4 is 34.7 Å². The number of fused-ring (bicyclic) bond motifs is 1. The molecule has 3 aromatic heterocycles. The van der Waals surface area contributed by atoms with Crippen LogP contribution in [0.1, 0.15) is 10.4 Å². The highest BCUT2D eigenvalue weighted by molar-refractivity contribution is 6.31. The minimum Gasteiger partial charge on any atom is -0.434 e. The Kier molecular flexibility index (Phi) is 9.24. The zero-order valence-corrected chi connectivity index (χ0v) is 22.4. The number of aliphatic hydroxyl groups excluding tert-OH is 1. The average Bonchev–Trinajstić information content (AvgIpc) is 3.55. The minimum absolute atomic E-state index is 0.104. The van der Waals surface area contributed by atoms with Crippen molar-refractivity contribution in [3.8, 4) is 17.0 Å². The molecule has 212 valence electrons. The predicted molar refractivity (Wildman–Crippen MR) is 142 cm³/mol. The summed E-state index contributed by atoms with van der Waals surface area (Å²) in [6, 6.07) is 5.77. The molecule has 1 fully saturated rings. The number of carbonyl (C=O) groups excluding carboxylic acids is 2. The van der Waals surface area contributed by atoms with E-state index in [4.69, 9.17) is 16.7 Å². The predicted octanol–water partition coefficient (Wildman–Crippen LogP) is 2.48. The van der Waals surface area contributed by atoms with E-state index in [9.17, 15) is 18.4 Å². The lowest BCUT2D eigenvalue weighted by atomic mass is 10.1. The van der Waals surface area contributed by atoms with Gasteiger partial charge in [0.05, 0.1) is 11.9 Å². The second kappa shape index (κ2) is 12.8. The number of hydrogen-bond donors (Lipinski definition) is 2. The number of anilines is 1. The summed E-state index contributed by atoms with van der Waals surface area (Å²) in [6.07, 6.45) is 6.00. The van der Waals surface area contributed by atoms with Crippen molar-refractivity contribution in [2.75, 3.05) is 45.7 Å². The monoisotopic (exact) mass is 576 g/mol. The molecule has 0 spiro atoms. The standard InChI is InChI=1S/C24H23ClF2N8O3.CH4O/c1-32-7-9-33(10-8-32)20(36)14-34-13-18(30-23(37)17-12-29-35-6-2-5-28-22(17)35)21(31-34)16-11-15(25)3-4-19(16)38-24(26)27;1-2/h2-6,11-13,24H,7-10,14H2,1H3,(H,30,37);2H,1H3. The van der Waals surface area contributed by atoms with E-state index in [1.54, 1.807) is 17.2 Å². The Morgan fingerprint density at radius 3 is 2.67 bits per heavy atom.